The predicted octanol–water partition coefficient (Wildman–Crippen LogP) is 10.5. The van der Waals surface area contributed by atoms with Gasteiger partial charge in [-0.1, -0.05) is 86.5 Å². The first-order valence-corrected chi connectivity index (χ1v) is 19.9. The second-order valence-corrected chi connectivity index (χ2v) is 22.4. The molecule has 2 saturated carbocycles. The molecule has 42 heavy (non-hydrogen) atoms. The molecule has 2 fully saturated rings. The van der Waals surface area contributed by atoms with E-state index in [2.05, 4.69) is 82.3 Å². The Morgan fingerprint density at radius 3 is 2.31 bits per heavy atom. The van der Waals surface area contributed by atoms with Crippen LogP contribution in [0.3, 0.4) is 0 Å². The zero-order chi connectivity index (χ0) is 31.7. The number of carbonyl (C=O) groups is 1. The predicted molar refractivity (Wildman–Crippen MR) is 175 cm³/mol. The highest BCUT2D eigenvalue weighted by atomic mass is 28.4. The highest BCUT2D eigenvalue weighted by Gasteiger charge is 2.64. The molecule has 3 nitrogen and oxygen atoms in total. The van der Waals surface area contributed by atoms with Gasteiger partial charge < -0.3 is 9.16 Å². The van der Waals surface area contributed by atoms with Gasteiger partial charge in [0.1, 0.15) is 6.17 Å². The molecule has 240 valence electrons. The van der Waals surface area contributed by atoms with Crippen LogP contribution < -0.4 is 0 Å². The normalized spacial score (nSPS) is 39.9. The Morgan fingerprint density at radius 2 is 1.71 bits per heavy atom. The summed E-state index contributed by atoms with van der Waals surface area (Å²) in [4.78, 5) is 11.9. The molecule has 0 heterocycles. The Balaban J connectivity index is 1.68. The van der Waals surface area contributed by atoms with Crippen LogP contribution in [0.1, 0.15) is 121 Å². The minimum absolute atomic E-state index is 0.0192. The Labute approximate surface area is 259 Å². The van der Waals surface area contributed by atoms with Gasteiger partial charge in [0.2, 0.25) is 0 Å². The van der Waals surface area contributed by atoms with Gasteiger partial charge in [-0.2, -0.15) is 0 Å². The lowest BCUT2D eigenvalue weighted by Gasteiger charge is -2.63. The maximum Gasteiger partial charge on any atom is 0.330 e. The third-order valence-corrected chi connectivity index (χ3v) is 19.1. The number of halogens is 1. The maximum absolute atomic E-state index is 15.7. The molecule has 4 aliphatic rings. The lowest BCUT2D eigenvalue weighted by molar-refractivity contribution is -0.134. The van der Waals surface area contributed by atoms with E-state index in [9.17, 15) is 4.79 Å². The zero-order valence-corrected chi connectivity index (χ0v) is 30.4. The molecule has 5 heteroatoms. The third kappa shape index (κ3) is 5.22. The molecule has 9 atom stereocenters. The first kappa shape index (κ1) is 33.9. The van der Waals surface area contributed by atoms with Gasteiger partial charge in [0.05, 0.1) is 13.2 Å². The highest BCUT2D eigenvalue weighted by molar-refractivity contribution is 6.74. The van der Waals surface area contributed by atoms with Gasteiger partial charge in [-0.05, 0) is 115 Å². The van der Waals surface area contributed by atoms with Crippen LogP contribution in [0.2, 0.25) is 18.1 Å². The van der Waals surface area contributed by atoms with Crippen LogP contribution in [0.5, 0.6) is 0 Å². The monoisotopic (exact) mass is 602 g/mol. The molecule has 0 aromatic heterocycles. The van der Waals surface area contributed by atoms with E-state index in [1.807, 2.05) is 6.08 Å². The molecule has 0 spiro atoms. The van der Waals surface area contributed by atoms with Crippen molar-refractivity contribution >= 4 is 14.3 Å². The summed E-state index contributed by atoms with van der Waals surface area (Å²) in [5, 5.41) is 0.114. The SMILES string of the molecule is COC(=O)/C=C/CC(O[Si](C)(C)C(C)(C)C)[C@@H](C)[C@H]1CC[C@@]2(C)C3=C(CC[C@]12C)[C@@]1(C)C[C@@H](F)[C@H](C)C(C)(C)C1CC3. The number of rotatable bonds is 7. The topological polar surface area (TPSA) is 35.5 Å². The highest BCUT2D eigenvalue weighted by Crippen LogP contribution is 2.73. The molecule has 4 aliphatic carbocycles. The largest absolute Gasteiger partial charge is 0.466 e. The van der Waals surface area contributed by atoms with Crippen molar-refractivity contribution in [1.82, 2.24) is 0 Å². The number of ether oxygens (including phenoxy) is 1. The Kier molecular flexibility index (Phi) is 9.00. The fraction of sp³-hybridized carbons (Fsp3) is 0.865. The van der Waals surface area contributed by atoms with E-state index >= 15 is 4.39 Å². The molecule has 0 radical (unpaired) electrons. The molecule has 0 aliphatic heterocycles. The Bertz CT molecular complexity index is 1100. The van der Waals surface area contributed by atoms with Crippen LogP contribution in [0.25, 0.3) is 0 Å². The fourth-order valence-electron chi connectivity index (χ4n) is 10.4. The van der Waals surface area contributed by atoms with Gasteiger partial charge in [0.25, 0.3) is 0 Å². The summed E-state index contributed by atoms with van der Waals surface area (Å²) in [6.07, 6.45) is 11.4. The molecule has 0 N–H and O–H groups in total. The van der Waals surface area contributed by atoms with Gasteiger partial charge in [-0.15, -0.1) is 0 Å². The van der Waals surface area contributed by atoms with Crippen LogP contribution >= 0.6 is 0 Å². The van der Waals surface area contributed by atoms with E-state index < -0.39 is 14.5 Å². The zero-order valence-electron chi connectivity index (χ0n) is 29.4. The molecule has 2 unspecified atom stereocenters. The van der Waals surface area contributed by atoms with E-state index in [1.165, 1.54) is 39.2 Å². The van der Waals surface area contributed by atoms with Gasteiger partial charge in [0.15, 0.2) is 8.32 Å². The number of alkyl halides is 1. The van der Waals surface area contributed by atoms with E-state index in [0.29, 0.717) is 24.2 Å². The molecule has 0 bridgehead atoms. The number of carbonyl (C=O) groups excluding carboxylic acids is 1. The second-order valence-electron chi connectivity index (χ2n) is 17.6. The van der Waals surface area contributed by atoms with Crippen molar-refractivity contribution in [2.24, 2.45) is 45.3 Å². The summed E-state index contributed by atoms with van der Waals surface area (Å²) in [7, 11) is -0.600. The molecular weight excluding hydrogens is 539 g/mol. The van der Waals surface area contributed by atoms with Crippen molar-refractivity contribution in [3.05, 3.63) is 23.3 Å². The van der Waals surface area contributed by atoms with Crippen molar-refractivity contribution in [1.29, 1.82) is 0 Å². The third-order valence-electron chi connectivity index (χ3n) is 14.6. The molecule has 0 aromatic carbocycles. The maximum atomic E-state index is 15.7. The summed E-state index contributed by atoms with van der Waals surface area (Å²) in [6.45, 7) is 28.5. The van der Waals surface area contributed by atoms with Crippen LogP contribution in [0, 0.1) is 45.3 Å². The lowest BCUT2D eigenvalue weighted by Crippen LogP contribution is -2.56. The second kappa shape index (κ2) is 11.1. The fourth-order valence-corrected chi connectivity index (χ4v) is 11.8. The van der Waals surface area contributed by atoms with E-state index in [-0.39, 0.29) is 44.7 Å². The number of hydrogen-bond acceptors (Lipinski definition) is 3. The minimum Gasteiger partial charge on any atom is -0.466 e. The van der Waals surface area contributed by atoms with Gasteiger partial charge in [-0.25, -0.2) is 9.18 Å². The van der Waals surface area contributed by atoms with Gasteiger partial charge in [-0.3, -0.25) is 0 Å². The van der Waals surface area contributed by atoms with E-state index in [4.69, 9.17) is 9.16 Å². The van der Waals surface area contributed by atoms with Gasteiger partial charge in [0, 0.05) is 6.08 Å². The van der Waals surface area contributed by atoms with Crippen molar-refractivity contribution < 1.29 is 18.3 Å². The number of methoxy groups -OCH3 is 1. The Hall–Kier alpha value is -0.943. The van der Waals surface area contributed by atoms with Crippen molar-refractivity contribution in [2.45, 2.75) is 151 Å². The van der Waals surface area contributed by atoms with Crippen LogP contribution in [-0.4, -0.2) is 33.7 Å². The molecular formula is C37H63FO3Si. The molecule has 4 rings (SSSR count). The number of hydrogen-bond donors (Lipinski definition) is 0. The van der Waals surface area contributed by atoms with Crippen LogP contribution in [-0.2, 0) is 14.0 Å². The summed E-state index contributed by atoms with van der Waals surface area (Å²) in [5.74, 6) is 1.27. The summed E-state index contributed by atoms with van der Waals surface area (Å²) in [6, 6.07) is 0. The first-order chi connectivity index (χ1) is 19.2. The van der Waals surface area contributed by atoms with Gasteiger partial charge >= 0.3 is 5.97 Å². The van der Waals surface area contributed by atoms with Crippen LogP contribution in [0.15, 0.2) is 23.3 Å². The number of allylic oxidation sites excluding steroid dienone is 2. The standard InChI is InChI=1S/C37H63FO3Si/c1-24(30(15-14-16-32(39)40-11)41-42(12,13)33(3,4)5)26-19-21-37(10)28-17-18-31-34(6,7)25(2)29(38)23-35(31,8)27(28)20-22-36(26,37)9/h14,16,24-26,29-31H,15,17-23H2,1-13H3/b16-14+/t24-,25-,26+,29+,30?,31?,35+,36+,37-/m0/s1. The minimum atomic E-state index is -2.03. The van der Waals surface area contributed by atoms with Crippen molar-refractivity contribution in [3.8, 4) is 0 Å². The average Bonchev–Trinajstić information content (AvgIpc) is 3.16. The summed E-state index contributed by atoms with van der Waals surface area (Å²) >= 11 is 0. The van der Waals surface area contributed by atoms with Crippen molar-refractivity contribution in [2.75, 3.05) is 7.11 Å². The van der Waals surface area contributed by atoms with Crippen LogP contribution in [0.4, 0.5) is 4.39 Å². The number of esters is 1. The van der Waals surface area contributed by atoms with Crippen molar-refractivity contribution in [3.63, 3.8) is 0 Å². The average molecular weight is 603 g/mol. The smallest absolute Gasteiger partial charge is 0.330 e. The molecule has 0 saturated heterocycles. The lowest BCUT2D eigenvalue weighted by atomic mass is 9.42. The molecule has 0 amide bonds. The first-order valence-electron chi connectivity index (χ1n) is 17.0. The van der Waals surface area contributed by atoms with E-state index in [1.54, 1.807) is 17.2 Å². The number of fused-ring (bicyclic) bond motifs is 4. The summed E-state index contributed by atoms with van der Waals surface area (Å²) < 4.78 is 27.7. The molecule has 0 aromatic rings. The Morgan fingerprint density at radius 1 is 1.07 bits per heavy atom. The quantitative estimate of drug-likeness (QED) is 0.126. The van der Waals surface area contributed by atoms with E-state index in [0.717, 1.165) is 12.8 Å². The summed E-state index contributed by atoms with van der Waals surface area (Å²) in [5.41, 5.74) is 3.67.